The molecule has 0 unspecified atom stereocenters. The van der Waals surface area contributed by atoms with Crippen LogP contribution in [0.5, 0.6) is 0 Å². The molecule has 1 aromatic carbocycles. The fourth-order valence-corrected chi connectivity index (χ4v) is 2.38. The number of nitrogens with one attached hydrogen (secondary N) is 1. The molecule has 0 atom stereocenters. The van der Waals surface area contributed by atoms with Gasteiger partial charge in [-0.15, -0.1) is 0 Å². The molecule has 0 fully saturated rings. The van der Waals surface area contributed by atoms with Crippen molar-refractivity contribution in [3.05, 3.63) is 35.5 Å². The molecule has 1 N–H and O–H groups in total. The molecule has 2 aromatic rings. The molecule has 2 nitrogen and oxygen atoms in total. The van der Waals surface area contributed by atoms with Crippen LogP contribution in [0.1, 0.15) is 52.3 Å². The molecular formula is C18H26N2. The average Bonchev–Trinajstić information content (AvgIpc) is 2.42. The van der Waals surface area contributed by atoms with Crippen LogP contribution in [0.25, 0.3) is 10.9 Å². The summed E-state index contributed by atoms with van der Waals surface area (Å²) in [5.41, 5.74) is 4.92. The van der Waals surface area contributed by atoms with Gasteiger partial charge in [0.05, 0.1) is 5.52 Å². The number of para-hydroxylation sites is 1. The molecule has 0 saturated heterocycles. The summed E-state index contributed by atoms with van der Waals surface area (Å²) in [6, 6.07) is 8.71. The Kier molecular flexibility index (Phi) is 4.32. The van der Waals surface area contributed by atoms with Crippen LogP contribution in [-0.4, -0.2) is 11.5 Å². The molecule has 0 aliphatic carbocycles. The number of hydrogen-bond acceptors (Lipinski definition) is 2. The van der Waals surface area contributed by atoms with Gasteiger partial charge in [0.15, 0.2) is 0 Å². The Morgan fingerprint density at radius 2 is 1.90 bits per heavy atom. The minimum Gasteiger partial charge on any atom is -0.384 e. The Morgan fingerprint density at radius 3 is 2.50 bits per heavy atom. The number of rotatable bonds is 4. The summed E-state index contributed by atoms with van der Waals surface area (Å²) >= 11 is 0. The molecule has 0 amide bonds. The Morgan fingerprint density at radius 1 is 1.15 bits per heavy atom. The van der Waals surface area contributed by atoms with Crippen LogP contribution in [0.4, 0.5) is 5.69 Å². The lowest BCUT2D eigenvalue weighted by molar-refractivity contribution is 0.571. The second-order valence-corrected chi connectivity index (χ2v) is 6.40. The Balaban J connectivity index is 2.68. The van der Waals surface area contributed by atoms with Crippen LogP contribution in [0.3, 0.4) is 0 Å². The maximum atomic E-state index is 4.95. The average molecular weight is 270 g/mol. The van der Waals surface area contributed by atoms with E-state index in [1.807, 2.05) is 0 Å². The van der Waals surface area contributed by atoms with E-state index in [2.05, 4.69) is 64.2 Å². The highest BCUT2D eigenvalue weighted by Crippen LogP contribution is 2.31. The first-order valence-corrected chi connectivity index (χ1v) is 7.64. The van der Waals surface area contributed by atoms with Gasteiger partial charge in [0.25, 0.3) is 0 Å². The maximum Gasteiger partial charge on any atom is 0.0758 e. The van der Waals surface area contributed by atoms with Crippen molar-refractivity contribution in [2.24, 2.45) is 0 Å². The summed E-state index contributed by atoms with van der Waals surface area (Å²) in [7, 11) is 0. The molecule has 1 aromatic heterocycles. The molecule has 108 valence electrons. The van der Waals surface area contributed by atoms with Gasteiger partial charge in [-0.25, -0.2) is 0 Å². The largest absolute Gasteiger partial charge is 0.384 e. The minimum absolute atomic E-state index is 0.0672. The van der Waals surface area contributed by atoms with Crippen molar-refractivity contribution in [2.45, 2.75) is 52.9 Å². The van der Waals surface area contributed by atoms with E-state index < -0.39 is 0 Å². The van der Waals surface area contributed by atoms with Crippen molar-refractivity contribution < 1.29 is 0 Å². The lowest BCUT2D eigenvalue weighted by Gasteiger charge is -2.21. The quantitative estimate of drug-likeness (QED) is 0.853. The fourth-order valence-electron chi connectivity index (χ4n) is 2.38. The zero-order valence-electron chi connectivity index (χ0n) is 13.4. The van der Waals surface area contributed by atoms with Crippen molar-refractivity contribution in [2.75, 3.05) is 11.9 Å². The SMILES string of the molecule is CCCNc1cc(C(C)(C)C)nc2c(CC)cccc12. The van der Waals surface area contributed by atoms with Gasteiger partial charge in [0.2, 0.25) is 0 Å². The van der Waals surface area contributed by atoms with E-state index in [0.29, 0.717) is 0 Å². The first-order valence-electron chi connectivity index (χ1n) is 7.64. The smallest absolute Gasteiger partial charge is 0.0758 e. The van der Waals surface area contributed by atoms with E-state index in [-0.39, 0.29) is 5.41 Å². The standard InChI is InChI=1S/C18H26N2/c1-6-11-19-15-12-16(18(3,4)5)20-17-13(7-2)9-8-10-14(15)17/h8-10,12H,6-7,11H2,1-5H3,(H,19,20). The van der Waals surface area contributed by atoms with Crippen LogP contribution >= 0.6 is 0 Å². The number of aromatic nitrogens is 1. The number of pyridine rings is 1. The molecule has 0 aliphatic rings. The number of aryl methyl sites for hydroxylation is 1. The molecule has 0 aliphatic heterocycles. The summed E-state index contributed by atoms with van der Waals surface area (Å²) in [5, 5.41) is 4.80. The van der Waals surface area contributed by atoms with E-state index in [1.54, 1.807) is 0 Å². The number of nitrogens with zero attached hydrogens (tertiary/aromatic N) is 1. The monoisotopic (exact) mass is 270 g/mol. The first kappa shape index (κ1) is 14.8. The third-order valence-corrected chi connectivity index (χ3v) is 3.64. The third kappa shape index (κ3) is 2.95. The minimum atomic E-state index is 0.0672. The maximum absolute atomic E-state index is 4.95. The normalized spacial score (nSPS) is 11.8. The lowest BCUT2D eigenvalue weighted by Crippen LogP contribution is -2.15. The van der Waals surface area contributed by atoms with Gasteiger partial charge in [-0.05, 0) is 24.5 Å². The van der Waals surface area contributed by atoms with Crippen molar-refractivity contribution in [3.8, 4) is 0 Å². The molecule has 0 radical (unpaired) electrons. The highest BCUT2D eigenvalue weighted by Gasteiger charge is 2.18. The van der Waals surface area contributed by atoms with E-state index in [9.17, 15) is 0 Å². The van der Waals surface area contributed by atoms with Gasteiger partial charge < -0.3 is 5.32 Å². The van der Waals surface area contributed by atoms with Crippen molar-refractivity contribution in [3.63, 3.8) is 0 Å². The summed E-state index contributed by atoms with van der Waals surface area (Å²) in [4.78, 5) is 4.95. The van der Waals surface area contributed by atoms with Gasteiger partial charge in [-0.1, -0.05) is 52.8 Å². The second-order valence-electron chi connectivity index (χ2n) is 6.40. The van der Waals surface area contributed by atoms with Crippen LogP contribution in [0, 0.1) is 0 Å². The zero-order chi connectivity index (χ0) is 14.8. The predicted octanol–water partition coefficient (Wildman–Crippen LogP) is 4.92. The molecule has 0 saturated carbocycles. The zero-order valence-corrected chi connectivity index (χ0v) is 13.4. The highest BCUT2D eigenvalue weighted by atomic mass is 14.9. The van der Waals surface area contributed by atoms with E-state index >= 15 is 0 Å². The van der Waals surface area contributed by atoms with Crippen LogP contribution < -0.4 is 5.32 Å². The summed E-state index contributed by atoms with van der Waals surface area (Å²) in [6.07, 6.45) is 2.15. The Bertz CT molecular complexity index is 594. The van der Waals surface area contributed by atoms with Crippen molar-refractivity contribution in [1.29, 1.82) is 0 Å². The van der Waals surface area contributed by atoms with Gasteiger partial charge in [-0.3, -0.25) is 4.98 Å². The summed E-state index contributed by atoms with van der Waals surface area (Å²) in [6.45, 7) is 12.1. The predicted molar refractivity (Wildman–Crippen MR) is 88.6 cm³/mol. The number of fused-ring (bicyclic) bond motifs is 1. The van der Waals surface area contributed by atoms with Crippen LogP contribution in [0.2, 0.25) is 0 Å². The molecule has 0 spiro atoms. The fraction of sp³-hybridized carbons (Fsp3) is 0.500. The third-order valence-electron chi connectivity index (χ3n) is 3.64. The van der Waals surface area contributed by atoms with E-state index in [4.69, 9.17) is 4.98 Å². The first-order chi connectivity index (χ1) is 9.47. The highest BCUT2D eigenvalue weighted by molar-refractivity contribution is 5.93. The molecule has 2 rings (SSSR count). The molecule has 2 heteroatoms. The van der Waals surface area contributed by atoms with Gasteiger partial charge in [0, 0.05) is 28.7 Å². The van der Waals surface area contributed by atoms with Crippen LogP contribution in [-0.2, 0) is 11.8 Å². The Labute approximate surface area is 122 Å². The molecule has 20 heavy (non-hydrogen) atoms. The molecule has 0 bridgehead atoms. The second kappa shape index (κ2) is 5.82. The van der Waals surface area contributed by atoms with E-state index in [1.165, 1.54) is 16.6 Å². The summed E-state index contributed by atoms with van der Waals surface area (Å²) in [5.74, 6) is 0. The summed E-state index contributed by atoms with van der Waals surface area (Å²) < 4.78 is 0. The topological polar surface area (TPSA) is 24.9 Å². The molecule has 1 heterocycles. The lowest BCUT2D eigenvalue weighted by atomic mass is 9.90. The van der Waals surface area contributed by atoms with Gasteiger partial charge in [-0.2, -0.15) is 0 Å². The Hall–Kier alpha value is -1.57. The van der Waals surface area contributed by atoms with Crippen molar-refractivity contribution >= 4 is 16.6 Å². The number of benzene rings is 1. The van der Waals surface area contributed by atoms with Gasteiger partial charge >= 0.3 is 0 Å². The van der Waals surface area contributed by atoms with Crippen LogP contribution in [0.15, 0.2) is 24.3 Å². The molecular weight excluding hydrogens is 244 g/mol. The number of hydrogen-bond donors (Lipinski definition) is 1. The van der Waals surface area contributed by atoms with Crippen molar-refractivity contribution in [1.82, 2.24) is 4.98 Å². The van der Waals surface area contributed by atoms with Gasteiger partial charge in [0.1, 0.15) is 0 Å². The number of anilines is 1. The van der Waals surface area contributed by atoms with E-state index in [0.717, 1.165) is 30.6 Å².